The molecule has 0 aliphatic heterocycles. The number of carbonyl (C=O) groups is 1. The molecule has 0 spiro atoms. The van der Waals surface area contributed by atoms with Crippen LogP contribution < -0.4 is 10.0 Å². The predicted molar refractivity (Wildman–Crippen MR) is 129 cm³/mol. The van der Waals surface area contributed by atoms with E-state index in [0.717, 1.165) is 29.1 Å². The summed E-state index contributed by atoms with van der Waals surface area (Å²) in [7, 11) is -3.86. The van der Waals surface area contributed by atoms with E-state index < -0.39 is 10.0 Å². The van der Waals surface area contributed by atoms with Gasteiger partial charge >= 0.3 is 0 Å². The van der Waals surface area contributed by atoms with Crippen molar-refractivity contribution < 1.29 is 13.2 Å². The highest BCUT2D eigenvalue weighted by Crippen LogP contribution is 2.61. The van der Waals surface area contributed by atoms with E-state index in [1.54, 1.807) is 24.3 Å². The first-order chi connectivity index (χ1) is 15.1. The number of sulfonamides is 1. The summed E-state index contributed by atoms with van der Waals surface area (Å²) in [6.45, 7) is 2.16. The molecule has 1 unspecified atom stereocenters. The molecular weight excluding hydrogens is 487 g/mol. The highest BCUT2D eigenvalue weighted by Gasteiger charge is 2.53. The molecular formula is C23H26Cl2N2O3S2. The summed E-state index contributed by atoms with van der Waals surface area (Å²) in [4.78, 5) is 12.9. The van der Waals surface area contributed by atoms with E-state index in [2.05, 4.69) is 17.0 Å². The van der Waals surface area contributed by atoms with Gasteiger partial charge in [0, 0.05) is 17.3 Å². The van der Waals surface area contributed by atoms with Gasteiger partial charge in [0.15, 0.2) is 0 Å². The summed E-state index contributed by atoms with van der Waals surface area (Å²) in [5, 5.41) is 3.25. The van der Waals surface area contributed by atoms with Crippen molar-refractivity contribution in [2.45, 2.75) is 56.4 Å². The molecule has 4 aliphatic rings. The van der Waals surface area contributed by atoms with Crippen LogP contribution in [-0.2, 0) is 10.0 Å². The molecule has 2 aromatic rings. The van der Waals surface area contributed by atoms with E-state index in [-0.39, 0.29) is 26.6 Å². The van der Waals surface area contributed by atoms with E-state index in [0.29, 0.717) is 15.6 Å². The molecule has 1 aromatic heterocycles. The molecule has 1 amide bonds. The van der Waals surface area contributed by atoms with Crippen LogP contribution in [0.1, 0.15) is 55.8 Å². The lowest BCUT2D eigenvalue weighted by Crippen LogP contribution is -2.55. The lowest BCUT2D eigenvalue weighted by atomic mass is 9.48. The van der Waals surface area contributed by atoms with Gasteiger partial charge in [-0.25, -0.2) is 8.42 Å². The van der Waals surface area contributed by atoms with Gasteiger partial charge in [-0.1, -0.05) is 23.2 Å². The van der Waals surface area contributed by atoms with Crippen molar-refractivity contribution in [2.75, 3.05) is 4.72 Å². The number of anilines is 1. The van der Waals surface area contributed by atoms with Crippen LogP contribution in [0.15, 0.2) is 35.2 Å². The minimum Gasteiger partial charge on any atom is -0.349 e. The Bertz CT molecular complexity index is 1110. The Labute approximate surface area is 202 Å². The number of hydrogen-bond acceptors (Lipinski definition) is 4. The Morgan fingerprint density at radius 2 is 1.62 bits per heavy atom. The Hall–Kier alpha value is -1.28. The SMILES string of the molecule is CC(NC(=O)c1ccc(NS(=O)(=O)c2cc(Cl)sc2Cl)cc1)C12CC3CC(CC(C3)C1)C2. The second kappa shape index (κ2) is 8.19. The fourth-order valence-corrected chi connectivity index (χ4v) is 9.76. The number of thiophene rings is 1. The molecule has 6 rings (SSSR count). The first-order valence-electron chi connectivity index (χ1n) is 11.0. The van der Waals surface area contributed by atoms with Crippen LogP contribution in [0.3, 0.4) is 0 Å². The van der Waals surface area contributed by atoms with Crippen molar-refractivity contribution in [2.24, 2.45) is 23.2 Å². The van der Waals surface area contributed by atoms with Crippen molar-refractivity contribution >= 4 is 56.2 Å². The molecule has 4 bridgehead atoms. The highest BCUT2D eigenvalue weighted by atomic mass is 35.5. The fraction of sp³-hybridized carbons (Fsp3) is 0.522. The van der Waals surface area contributed by atoms with E-state index in [1.165, 1.54) is 44.6 Å². The maximum atomic E-state index is 12.9. The first-order valence-corrected chi connectivity index (χ1v) is 14.1. The third-order valence-corrected chi connectivity index (χ3v) is 10.8. The Morgan fingerprint density at radius 3 is 2.12 bits per heavy atom. The van der Waals surface area contributed by atoms with Crippen LogP contribution in [0.25, 0.3) is 0 Å². The van der Waals surface area contributed by atoms with E-state index in [9.17, 15) is 13.2 Å². The van der Waals surface area contributed by atoms with E-state index >= 15 is 0 Å². The van der Waals surface area contributed by atoms with Gasteiger partial charge in [0.2, 0.25) is 0 Å². The van der Waals surface area contributed by atoms with Crippen molar-refractivity contribution in [3.05, 3.63) is 44.6 Å². The third-order valence-electron chi connectivity index (χ3n) is 7.67. The first kappa shape index (κ1) is 22.5. The van der Waals surface area contributed by atoms with Crippen molar-refractivity contribution in [3.8, 4) is 0 Å². The predicted octanol–water partition coefficient (Wildman–Crippen LogP) is 6.19. The minimum absolute atomic E-state index is 0.0552. The molecule has 2 N–H and O–H groups in total. The topological polar surface area (TPSA) is 75.3 Å². The molecule has 9 heteroatoms. The summed E-state index contributed by atoms with van der Waals surface area (Å²) in [5.41, 5.74) is 1.11. The zero-order chi connectivity index (χ0) is 22.7. The van der Waals surface area contributed by atoms with Crippen LogP contribution in [-0.4, -0.2) is 20.4 Å². The molecule has 0 radical (unpaired) electrons. The summed E-state index contributed by atoms with van der Waals surface area (Å²) < 4.78 is 28.1. The summed E-state index contributed by atoms with van der Waals surface area (Å²) in [6, 6.07) is 7.91. The van der Waals surface area contributed by atoms with Crippen LogP contribution >= 0.6 is 34.5 Å². The molecule has 1 aromatic carbocycles. The molecule has 1 heterocycles. The Morgan fingerprint density at radius 1 is 1.06 bits per heavy atom. The molecule has 172 valence electrons. The molecule has 0 saturated heterocycles. The van der Waals surface area contributed by atoms with Gasteiger partial charge in [0.1, 0.15) is 9.23 Å². The normalized spacial score (nSPS) is 29.7. The van der Waals surface area contributed by atoms with Gasteiger partial charge in [-0.05, 0) is 98.9 Å². The van der Waals surface area contributed by atoms with Gasteiger partial charge < -0.3 is 5.32 Å². The van der Waals surface area contributed by atoms with Gasteiger partial charge in [-0.2, -0.15) is 0 Å². The number of nitrogens with one attached hydrogen (secondary N) is 2. The third kappa shape index (κ3) is 4.17. The number of amides is 1. The Balaban J connectivity index is 1.25. The fourth-order valence-electron chi connectivity index (χ4n) is 6.55. The van der Waals surface area contributed by atoms with Gasteiger partial charge in [-0.15, -0.1) is 11.3 Å². The second-order valence-corrected chi connectivity index (χ2v) is 13.8. The monoisotopic (exact) mass is 512 g/mol. The van der Waals surface area contributed by atoms with Crippen molar-refractivity contribution in [1.29, 1.82) is 0 Å². The van der Waals surface area contributed by atoms with Crippen LogP contribution in [0.5, 0.6) is 0 Å². The van der Waals surface area contributed by atoms with Crippen molar-refractivity contribution in [3.63, 3.8) is 0 Å². The second-order valence-electron chi connectivity index (χ2n) is 9.85. The zero-order valence-electron chi connectivity index (χ0n) is 17.7. The van der Waals surface area contributed by atoms with E-state index in [1.807, 2.05) is 0 Å². The average molecular weight is 514 g/mol. The molecule has 5 nitrogen and oxygen atoms in total. The lowest BCUT2D eigenvalue weighted by Gasteiger charge is -2.59. The van der Waals surface area contributed by atoms with Gasteiger partial charge in [0.25, 0.3) is 15.9 Å². The number of benzene rings is 1. The maximum absolute atomic E-state index is 12.9. The number of carbonyl (C=O) groups excluding carboxylic acids is 1. The minimum atomic E-state index is -3.86. The van der Waals surface area contributed by atoms with E-state index in [4.69, 9.17) is 23.2 Å². The standard InChI is InChI=1S/C23H26Cl2N2O3S2/c1-13(23-10-14-6-15(11-23)8-16(7-14)12-23)26-22(28)17-2-4-18(5-3-17)27-32(29,30)19-9-20(24)31-21(19)25/h2-5,9,13-16,27H,6-8,10-12H2,1H3,(H,26,28). The Kier molecular flexibility index (Phi) is 5.76. The van der Waals surface area contributed by atoms with Gasteiger partial charge in [-0.3, -0.25) is 9.52 Å². The molecule has 32 heavy (non-hydrogen) atoms. The molecule has 4 aliphatic carbocycles. The molecule has 1 atom stereocenters. The largest absolute Gasteiger partial charge is 0.349 e. The van der Waals surface area contributed by atoms with Crippen LogP contribution in [0, 0.1) is 23.2 Å². The van der Waals surface area contributed by atoms with Gasteiger partial charge in [0.05, 0.1) is 4.34 Å². The van der Waals surface area contributed by atoms with Crippen LogP contribution in [0.2, 0.25) is 8.67 Å². The summed E-state index contributed by atoms with van der Waals surface area (Å²) >= 11 is 12.9. The number of rotatable bonds is 6. The smallest absolute Gasteiger partial charge is 0.264 e. The molecule has 4 saturated carbocycles. The number of halogens is 2. The number of hydrogen-bond donors (Lipinski definition) is 2. The summed E-state index contributed by atoms with van der Waals surface area (Å²) in [5.74, 6) is 2.38. The maximum Gasteiger partial charge on any atom is 0.264 e. The summed E-state index contributed by atoms with van der Waals surface area (Å²) in [6.07, 6.45) is 7.82. The lowest BCUT2D eigenvalue weighted by molar-refractivity contribution is -0.0688. The zero-order valence-corrected chi connectivity index (χ0v) is 20.9. The highest BCUT2D eigenvalue weighted by molar-refractivity contribution is 7.93. The quantitative estimate of drug-likeness (QED) is 0.484. The van der Waals surface area contributed by atoms with Crippen LogP contribution in [0.4, 0.5) is 5.69 Å². The molecule has 4 fully saturated rings. The van der Waals surface area contributed by atoms with Crippen molar-refractivity contribution in [1.82, 2.24) is 5.32 Å². The average Bonchev–Trinajstić information content (AvgIpc) is 3.06.